The number of carbonyl (C=O) groups excluding carboxylic acids is 1. The van der Waals surface area contributed by atoms with Gasteiger partial charge in [-0.05, 0) is 17.7 Å². The topological polar surface area (TPSA) is 125 Å². The van der Waals surface area contributed by atoms with E-state index in [-0.39, 0.29) is 11.8 Å². The Balaban J connectivity index is 2.33. The number of nitrogens with zero attached hydrogens (tertiary/aromatic N) is 3. The Morgan fingerprint density at radius 3 is 2.18 bits per heavy atom. The van der Waals surface area contributed by atoms with E-state index in [1.54, 1.807) is 12.1 Å². The van der Waals surface area contributed by atoms with Crippen LogP contribution in [0.2, 0.25) is 0 Å². The summed E-state index contributed by atoms with van der Waals surface area (Å²) in [4.78, 5) is 28.2. The molecule has 0 bridgehead atoms. The summed E-state index contributed by atoms with van der Waals surface area (Å²) >= 11 is 0. The van der Waals surface area contributed by atoms with Crippen LogP contribution in [-0.2, 0) is 4.79 Å². The second-order valence-electron chi connectivity index (χ2n) is 5.84. The summed E-state index contributed by atoms with van der Waals surface area (Å²) in [6.07, 6.45) is 0. The first-order valence-corrected chi connectivity index (χ1v) is 8.17. The van der Waals surface area contributed by atoms with E-state index in [9.17, 15) is 14.9 Å². The van der Waals surface area contributed by atoms with Crippen molar-refractivity contribution in [3.8, 4) is 29.3 Å². The van der Waals surface area contributed by atoms with Crippen molar-refractivity contribution in [3.05, 3.63) is 34.1 Å². The summed E-state index contributed by atoms with van der Waals surface area (Å²) in [6, 6.07) is 5.56. The van der Waals surface area contributed by atoms with Crippen LogP contribution in [0.5, 0.6) is 23.3 Å². The highest BCUT2D eigenvalue weighted by Gasteiger charge is 2.39. The highest BCUT2D eigenvalue weighted by molar-refractivity contribution is 5.96. The Morgan fingerprint density at radius 1 is 1.04 bits per heavy atom. The zero-order valence-electron chi connectivity index (χ0n) is 15.7. The number of ether oxygens (including phenoxy) is 4. The summed E-state index contributed by atoms with van der Waals surface area (Å²) in [5.74, 6) is -0.412. The van der Waals surface area contributed by atoms with Crippen molar-refractivity contribution >= 4 is 11.7 Å². The first-order chi connectivity index (χ1) is 13.5. The third-order valence-corrected chi connectivity index (χ3v) is 4.41. The van der Waals surface area contributed by atoms with Gasteiger partial charge < -0.3 is 24.3 Å². The number of nitriles is 1. The Bertz CT molecular complexity index is 1000. The average Bonchev–Trinajstić information content (AvgIpc) is 2.70. The van der Waals surface area contributed by atoms with E-state index in [4.69, 9.17) is 18.9 Å². The fourth-order valence-electron chi connectivity index (χ4n) is 3.22. The molecule has 0 aliphatic carbocycles. The maximum atomic E-state index is 12.5. The molecule has 28 heavy (non-hydrogen) atoms. The number of benzene rings is 1. The lowest BCUT2D eigenvalue weighted by atomic mass is 9.90. The van der Waals surface area contributed by atoms with Crippen molar-refractivity contribution in [2.75, 3.05) is 33.8 Å². The maximum absolute atomic E-state index is 12.5. The summed E-state index contributed by atoms with van der Waals surface area (Å²) < 4.78 is 22.8. The van der Waals surface area contributed by atoms with Gasteiger partial charge in [0.25, 0.3) is 5.56 Å². The molecule has 1 aliphatic heterocycles. The highest BCUT2D eigenvalue weighted by atomic mass is 16.5. The number of hydrogen-bond acceptors (Lipinski definition) is 8. The fraction of sp³-hybridized carbons (Fsp3) is 0.333. The molecule has 1 aromatic heterocycles. The van der Waals surface area contributed by atoms with Crippen molar-refractivity contribution in [3.63, 3.8) is 0 Å². The minimum atomic E-state index is -1.12. The number of methoxy groups -OCH3 is 4. The molecule has 146 valence electrons. The van der Waals surface area contributed by atoms with Crippen LogP contribution in [0.1, 0.15) is 11.6 Å². The molecular weight excluding hydrogens is 368 g/mol. The molecule has 0 spiro atoms. The number of carbonyl (C=O) groups is 1. The first kappa shape index (κ1) is 19.0. The summed E-state index contributed by atoms with van der Waals surface area (Å²) in [7, 11) is 5.74. The molecule has 10 nitrogen and oxygen atoms in total. The molecule has 1 N–H and O–H groups in total. The van der Waals surface area contributed by atoms with Crippen LogP contribution in [-0.4, -0.2) is 43.9 Å². The normalized spacial score (nSPS) is 17.8. The number of nitrogens with one attached hydrogen (secondary N) is 1. The van der Waals surface area contributed by atoms with E-state index in [0.717, 1.165) is 0 Å². The van der Waals surface area contributed by atoms with E-state index >= 15 is 0 Å². The van der Waals surface area contributed by atoms with Gasteiger partial charge in [0.2, 0.25) is 11.7 Å². The minimum Gasteiger partial charge on any atom is -0.493 e. The summed E-state index contributed by atoms with van der Waals surface area (Å²) in [6.45, 7) is 0. The molecular formula is C18H18N4O6. The lowest BCUT2D eigenvalue weighted by Gasteiger charge is -2.33. The van der Waals surface area contributed by atoms with Gasteiger partial charge in [-0.25, -0.2) is 0 Å². The number of aromatic nitrogens is 2. The molecule has 3 rings (SSSR count). The van der Waals surface area contributed by atoms with Gasteiger partial charge in [0.1, 0.15) is 5.82 Å². The Morgan fingerprint density at radius 2 is 1.68 bits per heavy atom. The quantitative estimate of drug-likeness (QED) is 0.806. The largest absolute Gasteiger partial charge is 0.493 e. The van der Waals surface area contributed by atoms with Crippen LogP contribution < -0.4 is 29.8 Å². The van der Waals surface area contributed by atoms with Crippen LogP contribution in [0, 0.1) is 17.2 Å². The van der Waals surface area contributed by atoms with Crippen LogP contribution in [0.15, 0.2) is 23.0 Å². The van der Waals surface area contributed by atoms with Gasteiger partial charge in [-0.3, -0.25) is 14.2 Å². The molecule has 1 aliphatic rings. The first-order valence-electron chi connectivity index (χ1n) is 8.17. The predicted octanol–water partition coefficient (Wildman–Crippen LogP) is 0.959. The van der Waals surface area contributed by atoms with E-state index in [1.807, 2.05) is 6.07 Å². The Labute approximate surface area is 160 Å². The second-order valence-corrected chi connectivity index (χ2v) is 5.84. The van der Waals surface area contributed by atoms with Gasteiger partial charge in [0, 0.05) is 6.07 Å². The maximum Gasteiger partial charge on any atom is 0.301 e. The van der Waals surface area contributed by atoms with Crippen molar-refractivity contribution < 1.29 is 23.7 Å². The lowest BCUT2D eigenvalue weighted by Crippen LogP contribution is -2.39. The van der Waals surface area contributed by atoms with E-state index in [0.29, 0.717) is 22.8 Å². The lowest BCUT2D eigenvalue weighted by molar-refractivity contribution is -0.119. The Hall–Kier alpha value is -3.74. The number of anilines is 1. The van der Waals surface area contributed by atoms with Crippen LogP contribution in [0.4, 0.5) is 5.82 Å². The number of hydrogen-bond donors (Lipinski definition) is 1. The molecule has 0 radical (unpaired) electrons. The summed E-state index contributed by atoms with van der Waals surface area (Å²) in [5, 5.41) is 12.2. The third-order valence-electron chi connectivity index (χ3n) is 4.41. The molecule has 2 heterocycles. The van der Waals surface area contributed by atoms with Crippen molar-refractivity contribution in [2.45, 2.75) is 6.04 Å². The molecule has 0 saturated carbocycles. The minimum absolute atomic E-state index is 0.0403. The monoisotopic (exact) mass is 386 g/mol. The van der Waals surface area contributed by atoms with Crippen molar-refractivity contribution in [1.29, 1.82) is 5.26 Å². The smallest absolute Gasteiger partial charge is 0.301 e. The summed E-state index contributed by atoms with van der Waals surface area (Å²) in [5.41, 5.74) is -0.0663. The number of amides is 1. The molecule has 1 amide bonds. The zero-order valence-corrected chi connectivity index (χ0v) is 15.7. The number of fused-ring (bicyclic) bond motifs is 1. The van der Waals surface area contributed by atoms with Gasteiger partial charge in [-0.1, -0.05) is 0 Å². The molecule has 10 heteroatoms. The second kappa shape index (κ2) is 7.48. The standard InChI is InChI=1S/C18H18N4O6/c1-25-11-5-9(6-12(26-2)16(11)27-3)15-10(8-19)17(24)20-13-7-14(23)21-18(28-4)22(13)15/h5-7,10,15H,1-4H3,(H,20,24). The molecule has 0 fully saturated rings. The SMILES string of the molecule is COc1cc(C2C(C#N)C(=O)Nc3cc(=O)nc(OC)n32)cc(OC)c1OC. The molecule has 0 saturated heterocycles. The van der Waals surface area contributed by atoms with E-state index < -0.39 is 23.4 Å². The molecule has 2 aromatic rings. The van der Waals surface area contributed by atoms with E-state index in [2.05, 4.69) is 10.3 Å². The van der Waals surface area contributed by atoms with Crippen LogP contribution in [0.25, 0.3) is 0 Å². The molecule has 1 aromatic carbocycles. The highest BCUT2D eigenvalue weighted by Crippen LogP contribution is 2.44. The molecule has 2 unspecified atom stereocenters. The Kier molecular flexibility index (Phi) is 5.08. The van der Waals surface area contributed by atoms with Gasteiger partial charge in [0.15, 0.2) is 17.4 Å². The van der Waals surface area contributed by atoms with Crippen molar-refractivity contribution in [2.24, 2.45) is 5.92 Å². The van der Waals surface area contributed by atoms with Gasteiger partial charge >= 0.3 is 6.01 Å². The van der Waals surface area contributed by atoms with Crippen LogP contribution >= 0.6 is 0 Å². The van der Waals surface area contributed by atoms with Crippen molar-refractivity contribution in [1.82, 2.24) is 9.55 Å². The average molecular weight is 386 g/mol. The van der Waals surface area contributed by atoms with Gasteiger partial charge in [-0.15, -0.1) is 0 Å². The third kappa shape index (κ3) is 2.96. The molecule has 2 atom stereocenters. The number of rotatable bonds is 5. The van der Waals surface area contributed by atoms with Crippen LogP contribution in [0.3, 0.4) is 0 Å². The zero-order chi connectivity index (χ0) is 20.4. The fourth-order valence-corrected chi connectivity index (χ4v) is 3.22. The van der Waals surface area contributed by atoms with Gasteiger partial charge in [-0.2, -0.15) is 10.2 Å². The predicted molar refractivity (Wildman–Crippen MR) is 97.0 cm³/mol. The van der Waals surface area contributed by atoms with E-state index in [1.165, 1.54) is 39.1 Å². The van der Waals surface area contributed by atoms with Gasteiger partial charge in [0.05, 0.1) is 40.6 Å².